The Bertz CT molecular complexity index is 571. The molecule has 0 atom stereocenters. The molecule has 0 spiro atoms. The Morgan fingerprint density at radius 1 is 1.27 bits per heavy atom. The van der Waals surface area contributed by atoms with Gasteiger partial charge in [-0.15, -0.1) is 0 Å². The highest BCUT2D eigenvalue weighted by molar-refractivity contribution is 7.80. The molecule has 0 unspecified atom stereocenters. The molecule has 0 bridgehead atoms. The van der Waals surface area contributed by atoms with E-state index in [1.165, 1.54) is 6.07 Å². The van der Waals surface area contributed by atoms with Crippen LogP contribution in [-0.2, 0) is 15.9 Å². The molecular formula is C16H22BFO3S. The van der Waals surface area contributed by atoms with Crippen molar-refractivity contribution in [2.24, 2.45) is 0 Å². The van der Waals surface area contributed by atoms with Crippen LogP contribution in [-0.4, -0.2) is 29.2 Å². The summed E-state index contributed by atoms with van der Waals surface area (Å²) in [6.07, 6.45) is 1.82. The Morgan fingerprint density at radius 2 is 1.86 bits per heavy atom. The van der Waals surface area contributed by atoms with E-state index in [1.807, 2.05) is 33.8 Å². The molecule has 1 aliphatic heterocycles. The predicted octanol–water partition coefficient (Wildman–Crippen LogP) is 3.26. The van der Waals surface area contributed by atoms with Crippen molar-refractivity contribution >= 4 is 25.8 Å². The lowest BCUT2D eigenvalue weighted by Crippen LogP contribution is -2.41. The second-order valence-electron chi connectivity index (χ2n) is 6.47. The first kappa shape index (κ1) is 17.5. The molecule has 1 heterocycles. The maximum atomic E-state index is 13.8. The fourth-order valence-corrected chi connectivity index (χ4v) is 2.42. The largest absolute Gasteiger partial charge is 0.491 e. The molecule has 0 amide bonds. The molecule has 22 heavy (non-hydrogen) atoms. The maximum Gasteiger partial charge on any atom is 0.491 e. The van der Waals surface area contributed by atoms with Crippen molar-refractivity contribution in [3.8, 4) is 0 Å². The molecule has 1 saturated heterocycles. The Hall–Kier alpha value is -0.815. The molecule has 2 rings (SSSR count). The van der Waals surface area contributed by atoms with Crippen LogP contribution in [0, 0.1) is 5.82 Å². The van der Waals surface area contributed by atoms with Gasteiger partial charge in [-0.2, -0.15) is 12.6 Å². The second kappa shape index (κ2) is 6.36. The minimum Gasteiger partial charge on any atom is -0.400 e. The van der Waals surface area contributed by atoms with Crippen LogP contribution in [0.25, 0.3) is 6.08 Å². The highest BCUT2D eigenvalue weighted by Gasteiger charge is 2.52. The topological polar surface area (TPSA) is 38.7 Å². The van der Waals surface area contributed by atoms with Crippen LogP contribution in [0.5, 0.6) is 0 Å². The highest BCUT2D eigenvalue weighted by Crippen LogP contribution is 2.39. The Morgan fingerprint density at radius 3 is 2.32 bits per heavy atom. The molecule has 1 fully saturated rings. The number of thiol groups is 1. The third-order valence-corrected chi connectivity index (χ3v) is 4.70. The van der Waals surface area contributed by atoms with Gasteiger partial charge in [-0.3, -0.25) is 0 Å². The third kappa shape index (κ3) is 3.40. The normalized spacial score (nSPS) is 20.5. The first-order valence-electron chi connectivity index (χ1n) is 7.26. The molecule has 3 nitrogen and oxygen atoms in total. The van der Waals surface area contributed by atoms with Gasteiger partial charge in [0.2, 0.25) is 0 Å². The van der Waals surface area contributed by atoms with Crippen molar-refractivity contribution in [3.05, 3.63) is 40.6 Å². The van der Waals surface area contributed by atoms with Gasteiger partial charge in [0.05, 0.1) is 17.8 Å². The number of hydrogen-bond donors (Lipinski definition) is 2. The van der Waals surface area contributed by atoms with Crippen molar-refractivity contribution in [3.63, 3.8) is 0 Å². The van der Waals surface area contributed by atoms with E-state index in [1.54, 1.807) is 12.1 Å². The summed E-state index contributed by atoms with van der Waals surface area (Å²) < 4.78 is 25.7. The highest BCUT2D eigenvalue weighted by atomic mass is 32.1. The first-order valence-corrected chi connectivity index (χ1v) is 7.89. The monoisotopic (exact) mass is 324 g/mol. The average molecular weight is 324 g/mol. The van der Waals surface area contributed by atoms with Crippen LogP contribution >= 0.6 is 12.6 Å². The first-order chi connectivity index (χ1) is 10.2. The van der Waals surface area contributed by atoms with E-state index in [9.17, 15) is 4.39 Å². The lowest BCUT2D eigenvalue weighted by molar-refractivity contribution is 0.00578. The van der Waals surface area contributed by atoms with E-state index in [-0.39, 0.29) is 12.2 Å². The van der Waals surface area contributed by atoms with Gasteiger partial charge in [-0.25, -0.2) is 4.39 Å². The van der Waals surface area contributed by atoms with Gasteiger partial charge >= 0.3 is 7.12 Å². The predicted molar refractivity (Wildman–Crippen MR) is 90.2 cm³/mol. The zero-order valence-electron chi connectivity index (χ0n) is 13.4. The van der Waals surface area contributed by atoms with E-state index in [2.05, 4.69) is 12.6 Å². The number of aliphatic hydroxyl groups is 1. The lowest BCUT2D eigenvalue weighted by Gasteiger charge is -2.32. The van der Waals surface area contributed by atoms with Crippen molar-refractivity contribution < 1.29 is 18.8 Å². The number of hydrogen-bond acceptors (Lipinski definition) is 4. The summed E-state index contributed by atoms with van der Waals surface area (Å²) in [4.78, 5) is 0. The Kier molecular flexibility index (Phi) is 5.07. The van der Waals surface area contributed by atoms with Crippen LogP contribution in [0.15, 0.2) is 23.7 Å². The quantitative estimate of drug-likeness (QED) is 0.660. The summed E-state index contributed by atoms with van der Waals surface area (Å²) in [5, 5.41) is 9.02. The number of aliphatic hydroxyl groups excluding tert-OH is 1. The molecule has 1 N–H and O–H groups in total. The fraction of sp³-hybridized carbons (Fsp3) is 0.500. The molecule has 0 aromatic heterocycles. The molecule has 0 aliphatic carbocycles. The maximum absolute atomic E-state index is 13.8. The molecule has 6 heteroatoms. The van der Waals surface area contributed by atoms with Gasteiger partial charge in [0.15, 0.2) is 0 Å². The molecule has 1 aliphatic rings. The van der Waals surface area contributed by atoms with Gasteiger partial charge < -0.3 is 14.4 Å². The summed E-state index contributed by atoms with van der Waals surface area (Å²) >= 11 is 4.34. The van der Waals surface area contributed by atoms with E-state index < -0.39 is 24.1 Å². The molecule has 0 radical (unpaired) electrons. The van der Waals surface area contributed by atoms with E-state index in [0.29, 0.717) is 11.3 Å². The van der Waals surface area contributed by atoms with Gasteiger partial charge in [0.25, 0.3) is 0 Å². The van der Waals surface area contributed by atoms with E-state index in [4.69, 9.17) is 14.4 Å². The molecule has 0 saturated carbocycles. The van der Waals surface area contributed by atoms with E-state index >= 15 is 0 Å². The van der Waals surface area contributed by atoms with E-state index in [0.717, 1.165) is 5.47 Å². The van der Waals surface area contributed by atoms with Gasteiger partial charge in [0.1, 0.15) is 5.82 Å². The number of halogens is 1. The molecule has 120 valence electrons. The summed E-state index contributed by atoms with van der Waals surface area (Å²) in [5.41, 5.74) is 0.948. The zero-order chi connectivity index (χ0) is 16.5. The lowest BCUT2D eigenvalue weighted by atomic mass is 9.78. The molecule has 1 aromatic rings. The van der Waals surface area contributed by atoms with Gasteiger partial charge in [-0.05, 0) is 44.8 Å². The number of rotatable bonds is 4. The summed E-state index contributed by atoms with van der Waals surface area (Å²) in [6, 6.07) is 4.71. The van der Waals surface area contributed by atoms with Crippen molar-refractivity contribution in [2.75, 3.05) is 5.75 Å². The second-order valence-corrected chi connectivity index (χ2v) is 6.79. The standard InChI is InChI=1S/C16H22BFO3S/c1-15(2)16(3,4)21-17(20-15)13(10-22)7-11-5-6-12(9-19)14(18)8-11/h5-8,19,22H,9-10H2,1-4H3. The fourth-order valence-electron chi connectivity index (χ4n) is 2.18. The molecule has 1 aromatic carbocycles. The van der Waals surface area contributed by atoms with Crippen LogP contribution in [0.3, 0.4) is 0 Å². The SMILES string of the molecule is CC1(C)OB(C(=Cc2ccc(CO)c(F)c2)CS)OC1(C)C. The van der Waals surface area contributed by atoms with Crippen LogP contribution in [0.1, 0.15) is 38.8 Å². The molecular weight excluding hydrogens is 302 g/mol. The Labute approximate surface area is 137 Å². The number of benzene rings is 1. The average Bonchev–Trinajstić information content (AvgIpc) is 2.65. The third-order valence-electron chi connectivity index (χ3n) is 4.34. The Balaban J connectivity index is 2.27. The van der Waals surface area contributed by atoms with Crippen molar-refractivity contribution in [1.29, 1.82) is 0 Å². The van der Waals surface area contributed by atoms with Gasteiger partial charge in [-0.1, -0.05) is 18.2 Å². The van der Waals surface area contributed by atoms with Gasteiger partial charge in [0, 0.05) is 11.3 Å². The summed E-state index contributed by atoms with van der Waals surface area (Å²) in [6.45, 7) is 7.63. The summed E-state index contributed by atoms with van der Waals surface area (Å²) in [5.74, 6) is 0.0175. The summed E-state index contributed by atoms with van der Waals surface area (Å²) in [7, 11) is -0.497. The van der Waals surface area contributed by atoms with Crippen LogP contribution in [0.2, 0.25) is 0 Å². The minimum atomic E-state index is -0.497. The van der Waals surface area contributed by atoms with Crippen molar-refractivity contribution in [2.45, 2.75) is 45.5 Å². The minimum absolute atomic E-state index is 0.278. The zero-order valence-corrected chi connectivity index (χ0v) is 14.3. The van der Waals surface area contributed by atoms with Crippen LogP contribution in [0.4, 0.5) is 4.39 Å². The van der Waals surface area contributed by atoms with Crippen LogP contribution < -0.4 is 0 Å². The van der Waals surface area contributed by atoms with Crippen molar-refractivity contribution in [1.82, 2.24) is 0 Å². The smallest absolute Gasteiger partial charge is 0.400 e.